The van der Waals surface area contributed by atoms with Crippen LogP contribution in [-0.4, -0.2) is 28.6 Å². The average molecular weight is 258 g/mol. The molecular weight excluding hydrogens is 240 g/mol. The third-order valence-electron chi connectivity index (χ3n) is 3.80. The Balaban J connectivity index is 2.21. The summed E-state index contributed by atoms with van der Waals surface area (Å²) in [5.74, 6) is -0.609. The maximum Gasteiger partial charge on any atom is 0.321 e. The van der Waals surface area contributed by atoms with E-state index in [2.05, 4.69) is 6.07 Å². The molecule has 1 heterocycles. The molecule has 0 aliphatic carbocycles. The molecule has 1 aromatic rings. The number of carboxylic acid groups (broad SMARTS) is 1. The van der Waals surface area contributed by atoms with Gasteiger partial charge < -0.3 is 5.11 Å². The van der Waals surface area contributed by atoms with E-state index in [0.717, 1.165) is 24.9 Å². The summed E-state index contributed by atoms with van der Waals surface area (Å²) in [4.78, 5) is 13.4. The first kappa shape index (κ1) is 13.6. The molecule has 4 nitrogen and oxygen atoms in total. The van der Waals surface area contributed by atoms with Gasteiger partial charge in [0, 0.05) is 6.54 Å². The molecular formula is C15H18N2O2. The highest BCUT2D eigenvalue weighted by atomic mass is 16.4. The average Bonchev–Trinajstić information content (AvgIpc) is 2.39. The first-order valence-corrected chi connectivity index (χ1v) is 6.58. The van der Waals surface area contributed by atoms with Crippen LogP contribution in [0.1, 0.15) is 30.9 Å². The lowest BCUT2D eigenvalue weighted by Crippen LogP contribution is -2.48. The van der Waals surface area contributed by atoms with Gasteiger partial charge in [0.05, 0.1) is 11.6 Å². The number of hydrogen-bond acceptors (Lipinski definition) is 3. The number of rotatable bonds is 3. The van der Waals surface area contributed by atoms with E-state index >= 15 is 0 Å². The number of carboxylic acids is 1. The normalized spacial score (nSPS) is 23.8. The van der Waals surface area contributed by atoms with Crippen molar-refractivity contribution in [1.29, 1.82) is 5.26 Å². The SMILES string of the molecule is CC1CCCN(Cc2ccccc2C#N)C1C(=O)O. The van der Waals surface area contributed by atoms with E-state index in [1.54, 1.807) is 6.07 Å². The minimum atomic E-state index is -0.762. The Morgan fingerprint density at radius 2 is 2.26 bits per heavy atom. The van der Waals surface area contributed by atoms with E-state index in [1.165, 1.54) is 0 Å². The lowest BCUT2D eigenvalue weighted by molar-refractivity contribution is -0.147. The molecule has 19 heavy (non-hydrogen) atoms. The molecule has 1 aromatic carbocycles. The van der Waals surface area contributed by atoms with Crippen LogP contribution in [-0.2, 0) is 11.3 Å². The van der Waals surface area contributed by atoms with Gasteiger partial charge in [-0.05, 0) is 36.9 Å². The van der Waals surface area contributed by atoms with Crippen molar-refractivity contribution in [2.45, 2.75) is 32.4 Å². The van der Waals surface area contributed by atoms with Gasteiger partial charge in [0.1, 0.15) is 6.04 Å². The highest BCUT2D eigenvalue weighted by Gasteiger charge is 2.34. The number of benzene rings is 1. The Kier molecular flexibility index (Phi) is 4.18. The fourth-order valence-corrected chi connectivity index (χ4v) is 2.84. The second-order valence-corrected chi connectivity index (χ2v) is 5.14. The van der Waals surface area contributed by atoms with Crippen molar-refractivity contribution in [3.8, 4) is 6.07 Å². The second-order valence-electron chi connectivity index (χ2n) is 5.14. The first-order valence-electron chi connectivity index (χ1n) is 6.58. The Bertz CT molecular complexity index is 507. The monoisotopic (exact) mass is 258 g/mol. The van der Waals surface area contributed by atoms with Gasteiger partial charge in [0.25, 0.3) is 0 Å². The molecule has 1 fully saturated rings. The van der Waals surface area contributed by atoms with Crippen LogP contribution in [0.3, 0.4) is 0 Å². The zero-order chi connectivity index (χ0) is 13.8. The second kappa shape index (κ2) is 5.85. The maximum atomic E-state index is 11.4. The van der Waals surface area contributed by atoms with E-state index in [-0.39, 0.29) is 5.92 Å². The van der Waals surface area contributed by atoms with Gasteiger partial charge in [-0.2, -0.15) is 5.26 Å². The van der Waals surface area contributed by atoms with Gasteiger partial charge in [0.15, 0.2) is 0 Å². The van der Waals surface area contributed by atoms with E-state index < -0.39 is 12.0 Å². The van der Waals surface area contributed by atoms with Gasteiger partial charge in [-0.15, -0.1) is 0 Å². The largest absolute Gasteiger partial charge is 0.480 e. The fraction of sp³-hybridized carbons (Fsp3) is 0.467. The van der Waals surface area contributed by atoms with Gasteiger partial charge >= 0.3 is 5.97 Å². The lowest BCUT2D eigenvalue weighted by Gasteiger charge is -2.37. The van der Waals surface area contributed by atoms with Crippen LogP contribution in [0.15, 0.2) is 24.3 Å². The van der Waals surface area contributed by atoms with Crippen LogP contribution >= 0.6 is 0 Å². The molecule has 2 unspecified atom stereocenters. The summed E-state index contributed by atoms with van der Waals surface area (Å²) < 4.78 is 0. The highest BCUT2D eigenvalue weighted by molar-refractivity contribution is 5.74. The summed E-state index contributed by atoms with van der Waals surface area (Å²) in [6, 6.07) is 9.12. The predicted octanol–water partition coefficient (Wildman–Crippen LogP) is 2.24. The lowest BCUT2D eigenvalue weighted by atomic mass is 9.90. The number of piperidine rings is 1. The standard InChI is InChI=1S/C15H18N2O2/c1-11-5-4-8-17(14(11)15(18)19)10-13-7-3-2-6-12(13)9-16/h2-3,6-7,11,14H,4-5,8,10H2,1H3,(H,18,19). The topological polar surface area (TPSA) is 64.3 Å². The predicted molar refractivity (Wildman–Crippen MR) is 71.4 cm³/mol. The molecule has 0 spiro atoms. The number of aliphatic carboxylic acids is 1. The molecule has 1 aliphatic rings. The molecule has 0 radical (unpaired) electrons. The Labute approximate surface area is 113 Å². The summed E-state index contributed by atoms with van der Waals surface area (Å²) in [6.07, 6.45) is 1.97. The first-order chi connectivity index (χ1) is 9.13. The smallest absolute Gasteiger partial charge is 0.321 e. The summed E-state index contributed by atoms with van der Waals surface area (Å²) in [6.45, 7) is 3.30. The minimum Gasteiger partial charge on any atom is -0.480 e. The quantitative estimate of drug-likeness (QED) is 0.903. The number of hydrogen-bond donors (Lipinski definition) is 1. The van der Waals surface area contributed by atoms with Crippen molar-refractivity contribution < 1.29 is 9.90 Å². The van der Waals surface area contributed by atoms with Crippen LogP contribution in [0.4, 0.5) is 0 Å². The Morgan fingerprint density at radius 1 is 1.53 bits per heavy atom. The molecule has 2 atom stereocenters. The molecule has 1 N–H and O–H groups in total. The molecule has 1 aliphatic heterocycles. The fourth-order valence-electron chi connectivity index (χ4n) is 2.84. The molecule has 0 amide bonds. The molecule has 100 valence electrons. The molecule has 4 heteroatoms. The van der Waals surface area contributed by atoms with Crippen LogP contribution in [0, 0.1) is 17.2 Å². The van der Waals surface area contributed by atoms with Gasteiger partial charge in [-0.1, -0.05) is 25.1 Å². The van der Waals surface area contributed by atoms with Crippen LogP contribution < -0.4 is 0 Å². The van der Waals surface area contributed by atoms with Crippen LogP contribution in [0.5, 0.6) is 0 Å². The Morgan fingerprint density at radius 3 is 2.95 bits per heavy atom. The summed E-state index contributed by atoms with van der Waals surface area (Å²) in [7, 11) is 0. The third kappa shape index (κ3) is 2.94. The zero-order valence-corrected chi connectivity index (χ0v) is 11.0. The molecule has 0 bridgehead atoms. The number of likely N-dealkylation sites (tertiary alicyclic amines) is 1. The number of nitrogens with zero attached hydrogens (tertiary/aromatic N) is 2. The minimum absolute atomic E-state index is 0.153. The van der Waals surface area contributed by atoms with E-state index in [4.69, 9.17) is 5.26 Å². The van der Waals surface area contributed by atoms with Crippen molar-refractivity contribution in [2.75, 3.05) is 6.54 Å². The van der Waals surface area contributed by atoms with Crippen molar-refractivity contribution >= 4 is 5.97 Å². The summed E-state index contributed by atoms with van der Waals surface area (Å²) in [5, 5.41) is 18.5. The van der Waals surface area contributed by atoms with E-state index in [1.807, 2.05) is 30.0 Å². The molecule has 2 rings (SSSR count). The summed E-state index contributed by atoms with van der Waals surface area (Å²) >= 11 is 0. The Hall–Kier alpha value is -1.86. The molecule has 0 saturated carbocycles. The van der Waals surface area contributed by atoms with E-state index in [9.17, 15) is 9.90 Å². The molecule has 0 aromatic heterocycles. The number of nitriles is 1. The maximum absolute atomic E-state index is 11.4. The van der Waals surface area contributed by atoms with Crippen molar-refractivity contribution in [3.63, 3.8) is 0 Å². The van der Waals surface area contributed by atoms with E-state index in [0.29, 0.717) is 12.1 Å². The highest BCUT2D eigenvalue weighted by Crippen LogP contribution is 2.25. The molecule has 1 saturated heterocycles. The van der Waals surface area contributed by atoms with Crippen LogP contribution in [0.2, 0.25) is 0 Å². The third-order valence-corrected chi connectivity index (χ3v) is 3.80. The summed E-state index contributed by atoms with van der Waals surface area (Å²) in [5.41, 5.74) is 1.54. The van der Waals surface area contributed by atoms with Gasteiger partial charge in [0.2, 0.25) is 0 Å². The van der Waals surface area contributed by atoms with Crippen molar-refractivity contribution in [2.24, 2.45) is 5.92 Å². The van der Waals surface area contributed by atoms with Gasteiger partial charge in [-0.3, -0.25) is 9.69 Å². The zero-order valence-electron chi connectivity index (χ0n) is 11.0. The van der Waals surface area contributed by atoms with Crippen molar-refractivity contribution in [1.82, 2.24) is 4.90 Å². The number of carbonyl (C=O) groups is 1. The van der Waals surface area contributed by atoms with Gasteiger partial charge in [-0.25, -0.2) is 0 Å². The van der Waals surface area contributed by atoms with Crippen LogP contribution in [0.25, 0.3) is 0 Å². The van der Waals surface area contributed by atoms with Crippen molar-refractivity contribution in [3.05, 3.63) is 35.4 Å².